The van der Waals surface area contributed by atoms with E-state index in [-0.39, 0.29) is 12.6 Å². The van der Waals surface area contributed by atoms with Gasteiger partial charge >= 0.3 is 0 Å². The van der Waals surface area contributed by atoms with Gasteiger partial charge in [0, 0.05) is 25.0 Å². The van der Waals surface area contributed by atoms with Gasteiger partial charge < -0.3 is 15.0 Å². The van der Waals surface area contributed by atoms with Gasteiger partial charge in [-0.3, -0.25) is 0 Å². The number of imidazole rings is 1. The third-order valence-electron chi connectivity index (χ3n) is 2.02. The first-order valence-electron chi connectivity index (χ1n) is 4.62. The van der Waals surface area contributed by atoms with E-state index in [0.717, 1.165) is 12.4 Å². The van der Waals surface area contributed by atoms with Gasteiger partial charge in [0.05, 0.1) is 13.2 Å². The lowest BCUT2D eigenvalue weighted by Gasteiger charge is -2.10. The average molecular weight is 183 g/mol. The third kappa shape index (κ3) is 2.82. The van der Waals surface area contributed by atoms with Crippen LogP contribution in [0.2, 0.25) is 0 Å². The molecule has 0 bridgehead atoms. The number of nitrogens with one attached hydrogen (secondary N) is 1. The number of rotatable bonds is 5. The van der Waals surface area contributed by atoms with Crippen LogP contribution in [0.25, 0.3) is 0 Å². The molecule has 1 aromatic rings. The van der Waals surface area contributed by atoms with Crippen molar-refractivity contribution in [3.8, 4) is 0 Å². The van der Waals surface area contributed by atoms with Crippen LogP contribution in [-0.2, 0) is 13.1 Å². The van der Waals surface area contributed by atoms with Crippen molar-refractivity contribution in [1.29, 1.82) is 0 Å². The van der Waals surface area contributed by atoms with Gasteiger partial charge in [0.15, 0.2) is 0 Å². The zero-order valence-electron chi connectivity index (χ0n) is 8.20. The molecule has 0 spiro atoms. The van der Waals surface area contributed by atoms with E-state index in [1.165, 1.54) is 0 Å². The first kappa shape index (κ1) is 10.2. The minimum atomic E-state index is 0.127. The highest BCUT2D eigenvalue weighted by Gasteiger charge is 2.02. The molecule has 4 nitrogen and oxygen atoms in total. The molecule has 0 aliphatic rings. The molecule has 1 heterocycles. The van der Waals surface area contributed by atoms with Crippen LogP contribution in [0.4, 0.5) is 0 Å². The van der Waals surface area contributed by atoms with Crippen molar-refractivity contribution in [3.63, 3.8) is 0 Å². The minimum absolute atomic E-state index is 0.127. The summed E-state index contributed by atoms with van der Waals surface area (Å²) in [6.07, 6.45) is 3.75. The summed E-state index contributed by atoms with van der Waals surface area (Å²) in [5.74, 6) is 1.02. The first-order valence-corrected chi connectivity index (χ1v) is 4.62. The largest absolute Gasteiger partial charge is 0.395 e. The summed E-state index contributed by atoms with van der Waals surface area (Å²) in [5.41, 5.74) is 0. The lowest BCUT2D eigenvalue weighted by atomic mass is 10.3. The molecule has 0 fully saturated rings. The van der Waals surface area contributed by atoms with Gasteiger partial charge in [-0.05, 0) is 13.8 Å². The Hall–Kier alpha value is -0.870. The van der Waals surface area contributed by atoms with Gasteiger partial charge in [-0.1, -0.05) is 0 Å². The van der Waals surface area contributed by atoms with E-state index in [9.17, 15) is 0 Å². The van der Waals surface area contributed by atoms with Gasteiger partial charge in [0.1, 0.15) is 5.82 Å². The fourth-order valence-electron chi connectivity index (χ4n) is 1.13. The number of aryl methyl sites for hydroxylation is 1. The first-order chi connectivity index (χ1) is 6.27. The molecule has 0 aliphatic heterocycles. The number of aliphatic hydroxyl groups excluding tert-OH is 1. The molecule has 13 heavy (non-hydrogen) atoms. The Balaban J connectivity index is 2.44. The molecule has 0 saturated carbocycles. The number of hydrogen-bond acceptors (Lipinski definition) is 3. The Kier molecular flexibility index (Phi) is 3.92. The Bertz CT molecular complexity index is 247. The third-order valence-corrected chi connectivity index (χ3v) is 2.02. The van der Waals surface area contributed by atoms with Crippen LogP contribution in [0.3, 0.4) is 0 Å². The van der Waals surface area contributed by atoms with Crippen LogP contribution in [0, 0.1) is 0 Å². The maximum Gasteiger partial charge on any atom is 0.122 e. The maximum absolute atomic E-state index is 8.80. The van der Waals surface area contributed by atoms with E-state index in [4.69, 9.17) is 5.11 Å². The van der Waals surface area contributed by atoms with Crippen LogP contribution in [0.5, 0.6) is 0 Å². The van der Waals surface area contributed by atoms with Crippen LogP contribution in [0.1, 0.15) is 19.7 Å². The molecule has 0 aliphatic carbocycles. The van der Waals surface area contributed by atoms with Crippen molar-refractivity contribution >= 4 is 0 Å². The number of nitrogens with zero attached hydrogens (tertiary/aromatic N) is 2. The van der Waals surface area contributed by atoms with Gasteiger partial charge in [0.2, 0.25) is 0 Å². The van der Waals surface area contributed by atoms with E-state index in [0.29, 0.717) is 6.54 Å². The highest BCUT2D eigenvalue weighted by molar-refractivity contribution is 4.91. The van der Waals surface area contributed by atoms with Crippen LogP contribution >= 0.6 is 0 Å². The van der Waals surface area contributed by atoms with E-state index in [2.05, 4.69) is 21.8 Å². The molecule has 1 rings (SSSR count). The average Bonchev–Trinajstić information content (AvgIpc) is 2.61. The zero-order valence-corrected chi connectivity index (χ0v) is 8.20. The van der Waals surface area contributed by atoms with Crippen LogP contribution in [-0.4, -0.2) is 27.3 Å². The number of aliphatic hydroxyl groups is 1. The topological polar surface area (TPSA) is 50.1 Å². The molecule has 4 heteroatoms. The van der Waals surface area contributed by atoms with E-state index < -0.39 is 0 Å². The monoisotopic (exact) mass is 183 g/mol. The molecule has 74 valence electrons. The standard InChI is InChI=1S/C9H17N3O/c1-3-12-5-4-10-9(12)6-11-8(2)7-13/h4-5,8,11,13H,3,6-7H2,1-2H3/t8-/m1/s1. The summed E-state index contributed by atoms with van der Waals surface area (Å²) < 4.78 is 2.08. The van der Waals surface area contributed by atoms with Crippen molar-refractivity contribution in [3.05, 3.63) is 18.2 Å². The summed E-state index contributed by atoms with van der Waals surface area (Å²) in [6.45, 7) is 5.83. The SMILES string of the molecule is CCn1ccnc1CN[C@H](C)CO. The highest BCUT2D eigenvalue weighted by Crippen LogP contribution is 1.97. The lowest BCUT2D eigenvalue weighted by molar-refractivity contribution is 0.250. The number of hydrogen-bond donors (Lipinski definition) is 2. The quantitative estimate of drug-likeness (QED) is 0.693. The maximum atomic E-state index is 8.80. The van der Waals surface area contributed by atoms with Crippen molar-refractivity contribution in [2.75, 3.05) is 6.61 Å². The number of aromatic nitrogens is 2. The van der Waals surface area contributed by atoms with E-state index >= 15 is 0 Å². The molecule has 0 unspecified atom stereocenters. The van der Waals surface area contributed by atoms with E-state index in [1.807, 2.05) is 13.1 Å². The smallest absolute Gasteiger partial charge is 0.122 e. The van der Waals surface area contributed by atoms with Crippen LogP contribution in [0.15, 0.2) is 12.4 Å². The molecule has 0 amide bonds. The Morgan fingerprint density at radius 3 is 3.08 bits per heavy atom. The summed E-state index contributed by atoms with van der Waals surface area (Å²) in [5, 5.41) is 12.0. The lowest BCUT2D eigenvalue weighted by Crippen LogP contribution is -2.29. The fourth-order valence-corrected chi connectivity index (χ4v) is 1.13. The van der Waals surface area contributed by atoms with Crippen molar-refractivity contribution < 1.29 is 5.11 Å². The molecule has 1 atom stereocenters. The molecule has 2 N–H and O–H groups in total. The van der Waals surface area contributed by atoms with Gasteiger partial charge in [-0.2, -0.15) is 0 Å². The zero-order chi connectivity index (χ0) is 9.68. The predicted octanol–water partition coefficient (Wildman–Crippen LogP) is 0.373. The second kappa shape index (κ2) is 4.99. The highest BCUT2D eigenvalue weighted by atomic mass is 16.3. The van der Waals surface area contributed by atoms with E-state index in [1.54, 1.807) is 6.20 Å². The molecular weight excluding hydrogens is 166 g/mol. The summed E-state index contributed by atoms with van der Waals surface area (Å²) in [4.78, 5) is 4.21. The Labute approximate surface area is 78.6 Å². The van der Waals surface area contributed by atoms with Crippen LogP contribution < -0.4 is 5.32 Å². The van der Waals surface area contributed by atoms with Crippen molar-refractivity contribution in [2.24, 2.45) is 0 Å². The Morgan fingerprint density at radius 1 is 1.69 bits per heavy atom. The second-order valence-corrected chi connectivity index (χ2v) is 3.09. The molecule has 0 radical (unpaired) electrons. The van der Waals surface area contributed by atoms with Crippen molar-refractivity contribution in [2.45, 2.75) is 33.0 Å². The summed E-state index contributed by atoms with van der Waals surface area (Å²) >= 11 is 0. The second-order valence-electron chi connectivity index (χ2n) is 3.09. The van der Waals surface area contributed by atoms with Crippen molar-refractivity contribution in [1.82, 2.24) is 14.9 Å². The predicted molar refractivity (Wildman–Crippen MR) is 51.3 cm³/mol. The normalized spacial score (nSPS) is 13.2. The summed E-state index contributed by atoms with van der Waals surface area (Å²) in [6, 6.07) is 0.127. The molecule has 0 aromatic carbocycles. The Morgan fingerprint density at radius 2 is 2.46 bits per heavy atom. The molecule has 1 aromatic heterocycles. The van der Waals surface area contributed by atoms with Gasteiger partial charge in [0.25, 0.3) is 0 Å². The van der Waals surface area contributed by atoms with Gasteiger partial charge in [-0.15, -0.1) is 0 Å². The van der Waals surface area contributed by atoms with Gasteiger partial charge in [-0.25, -0.2) is 4.98 Å². The molecule has 0 saturated heterocycles. The minimum Gasteiger partial charge on any atom is -0.395 e. The summed E-state index contributed by atoms with van der Waals surface area (Å²) in [7, 11) is 0. The fraction of sp³-hybridized carbons (Fsp3) is 0.667. The molecular formula is C9H17N3O.